The van der Waals surface area contributed by atoms with E-state index in [2.05, 4.69) is 20.4 Å². The number of nitrogens with one attached hydrogen (secondary N) is 1. The van der Waals surface area contributed by atoms with Gasteiger partial charge in [0.05, 0.1) is 5.69 Å². The molecule has 0 saturated carbocycles. The third-order valence-electron chi connectivity index (χ3n) is 5.51. The Bertz CT molecular complexity index is 1600. The van der Waals surface area contributed by atoms with E-state index in [0.29, 0.717) is 46.0 Å². The molecule has 5 aromatic rings. The largest absolute Gasteiger partial charge is 0.457 e. The highest BCUT2D eigenvalue weighted by Crippen LogP contribution is 2.25. The Kier molecular flexibility index (Phi) is 6.82. The van der Waals surface area contributed by atoms with E-state index in [1.54, 1.807) is 66.2 Å². The van der Waals surface area contributed by atoms with Crippen molar-refractivity contribution in [2.45, 2.75) is 20.8 Å². The number of halogens is 1. The zero-order chi connectivity index (χ0) is 26.6. The van der Waals surface area contributed by atoms with Crippen LogP contribution in [0.15, 0.2) is 84.9 Å². The minimum absolute atomic E-state index is 0.302. The summed E-state index contributed by atoms with van der Waals surface area (Å²) in [4.78, 5) is 21.6. The minimum atomic E-state index is -0.349. The fourth-order valence-electron chi connectivity index (χ4n) is 3.82. The molecule has 0 aliphatic heterocycles. The molecule has 5 rings (SSSR count). The molecule has 0 atom stereocenters. The monoisotopic (exact) mass is 509 g/mol. The second kappa shape index (κ2) is 10.5. The van der Waals surface area contributed by atoms with Gasteiger partial charge in [-0.1, -0.05) is 6.07 Å². The van der Waals surface area contributed by atoms with Crippen LogP contribution in [-0.4, -0.2) is 25.7 Å². The van der Waals surface area contributed by atoms with Crippen LogP contribution in [0.1, 0.15) is 27.6 Å². The topological polar surface area (TPSA) is 91.2 Å². The Morgan fingerprint density at radius 3 is 2.24 bits per heavy atom. The normalized spacial score (nSPS) is 10.7. The van der Waals surface area contributed by atoms with Gasteiger partial charge in [-0.15, -0.1) is 0 Å². The molecule has 0 aliphatic carbocycles. The molecular weight excluding hydrogens is 485 g/mol. The second-order valence-electron chi connectivity index (χ2n) is 8.61. The summed E-state index contributed by atoms with van der Waals surface area (Å²) in [7, 11) is 0. The van der Waals surface area contributed by atoms with E-state index in [1.807, 2.05) is 19.9 Å². The number of hydrogen-bond donors (Lipinski definition) is 1. The summed E-state index contributed by atoms with van der Waals surface area (Å²) < 4.78 is 26.5. The first kappa shape index (κ1) is 24.6. The Morgan fingerprint density at radius 1 is 0.816 bits per heavy atom. The number of carbonyl (C=O) groups excluding carboxylic acids is 1. The van der Waals surface area contributed by atoms with Gasteiger partial charge < -0.3 is 14.8 Å². The van der Waals surface area contributed by atoms with Crippen LogP contribution in [0.5, 0.6) is 23.1 Å². The van der Waals surface area contributed by atoms with E-state index >= 15 is 0 Å². The van der Waals surface area contributed by atoms with E-state index in [-0.39, 0.29) is 11.7 Å². The van der Waals surface area contributed by atoms with Crippen molar-refractivity contribution >= 4 is 11.6 Å². The number of hydrogen-bond acceptors (Lipinski definition) is 6. The maximum atomic E-state index is 13.1. The Balaban J connectivity index is 1.25. The molecule has 0 unspecified atom stereocenters. The quantitative estimate of drug-likeness (QED) is 0.267. The number of aromatic nitrogens is 4. The molecule has 38 heavy (non-hydrogen) atoms. The van der Waals surface area contributed by atoms with Gasteiger partial charge in [-0.25, -0.2) is 14.1 Å². The van der Waals surface area contributed by atoms with Crippen LogP contribution in [0, 0.1) is 26.6 Å². The lowest BCUT2D eigenvalue weighted by atomic mass is 10.2. The summed E-state index contributed by atoms with van der Waals surface area (Å²) in [6, 6.07) is 23.1. The smallest absolute Gasteiger partial charge is 0.255 e. The van der Waals surface area contributed by atoms with Crippen LogP contribution in [0.3, 0.4) is 0 Å². The van der Waals surface area contributed by atoms with Gasteiger partial charge in [-0.05, 0) is 93.6 Å². The molecule has 0 radical (unpaired) electrons. The number of carbonyl (C=O) groups is 1. The fourth-order valence-corrected chi connectivity index (χ4v) is 3.82. The Hall–Kier alpha value is -5.05. The number of ether oxygens (including phenoxy) is 2. The molecule has 1 amide bonds. The first-order chi connectivity index (χ1) is 18.3. The molecule has 1 N–H and O–H groups in total. The molecule has 190 valence electrons. The van der Waals surface area contributed by atoms with Crippen molar-refractivity contribution in [3.63, 3.8) is 0 Å². The molecule has 0 spiro atoms. The summed E-state index contributed by atoms with van der Waals surface area (Å²) in [6.45, 7) is 5.67. The molecule has 0 bridgehead atoms. The molecule has 0 saturated heterocycles. The predicted molar refractivity (Wildman–Crippen MR) is 141 cm³/mol. The van der Waals surface area contributed by atoms with Crippen molar-refractivity contribution in [2.24, 2.45) is 0 Å². The average Bonchev–Trinajstić information content (AvgIpc) is 3.24. The van der Waals surface area contributed by atoms with E-state index in [4.69, 9.17) is 9.47 Å². The van der Waals surface area contributed by atoms with E-state index in [9.17, 15) is 9.18 Å². The van der Waals surface area contributed by atoms with Gasteiger partial charge in [0.25, 0.3) is 5.91 Å². The number of benzene rings is 3. The van der Waals surface area contributed by atoms with Gasteiger partial charge in [0.1, 0.15) is 28.9 Å². The van der Waals surface area contributed by atoms with E-state index in [1.165, 1.54) is 24.3 Å². The summed E-state index contributed by atoms with van der Waals surface area (Å²) in [5.74, 6) is 2.40. The molecule has 0 fully saturated rings. The SMILES string of the molecule is Cc1cc(C)n(-c2cc(Oc3ccc(NC(=O)c4cccc(Oc5ccc(F)cc5)c4)cc3)nc(C)n2)n1. The van der Waals surface area contributed by atoms with Gasteiger partial charge >= 0.3 is 0 Å². The maximum absolute atomic E-state index is 13.1. The highest BCUT2D eigenvalue weighted by Gasteiger charge is 2.11. The van der Waals surface area contributed by atoms with Crippen molar-refractivity contribution in [3.8, 4) is 28.9 Å². The van der Waals surface area contributed by atoms with Crippen molar-refractivity contribution in [2.75, 3.05) is 5.32 Å². The van der Waals surface area contributed by atoms with E-state index in [0.717, 1.165) is 11.4 Å². The van der Waals surface area contributed by atoms with Gasteiger partial charge in [0.15, 0.2) is 5.82 Å². The van der Waals surface area contributed by atoms with Gasteiger partial charge in [0, 0.05) is 23.0 Å². The standard InChI is InChI=1S/C29H24FN5O3/c1-18-15-19(2)35(34-18)27-17-28(32-20(3)31-27)38-25-13-9-23(10-14-25)33-29(36)21-5-4-6-26(16-21)37-24-11-7-22(30)8-12-24/h4-17H,1-3H3,(H,33,36). The summed E-state index contributed by atoms with van der Waals surface area (Å²) >= 11 is 0. The number of amides is 1. The molecule has 8 nitrogen and oxygen atoms in total. The average molecular weight is 510 g/mol. The third kappa shape index (κ3) is 5.84. The summed E-state index contributed by atoms with van der Waals surface area (Å²) in [6.07, 6.45) is 0. The van der Waals surface area contributed by atoms with Crippen LogP contribution in [0.2, 0.25) is 0 Å². The second-order valence-corrected chi connectivity index (χ2v) is 8.61. The fraction of sp³-hybridized carbons (Fsp3) is 0.103. The van der Waals surface area contributed by atoms with Crippen molar-refractivity contribution in [1.82, 2.24) is 19.7 Å². The van der Waals surface area contributed by atoms with Gasteiger partial charge in [0.2, 0.25) is 5.88 Å². The Morgan fingerprint density at radius 2 is 1.53 bits per heavy atom. The molecule has 3 aromatic carbocycles. The molecule has 2 aromatic heterocycles. The van der Waals surface area contributed by atoms with Gasteiger partial charge in [-0.2, -0.15) is 10.1 Å². The lowest BCUT2D eigenvalue weighted by molar-refractivity contribution is 0.102. The zero-order valence-corrected chi connectivity index (χ0v) is 21.0. The summed E-state index contributed by atoms with van der Waals surface area (Å²) in [5.41, 5.74) is 2.86. The predicted octanol–water partition coefficient (Wildman–Crippen LogP) is 6.56. The van der Waals surface area contributed by atoms with Crippen LogP contribution in [0.25, 0.3) is 5.82 Å². The van der Waals surface area contributed by atoms with Crippen LogP contribution >= 0.6 is 0 Å². The highest BCUT2D eigenvalue weighted by molar-refractivity contribution is 6.04. The first-order valence-electron chi connectivity index (χ1n) is 11.8. The number of aryl methyl sites for hydroxylation is 3. The van der Waals surface area contributed by atoms with Crippen LogP contribution < -0.4 is 14.8 Å². The third-order valence-corrected chi connectivity index (χ3v) is 5.51. The maximum Gasteiger partial charge on any atom is 0.255 e. The minimum Gasteiger partial charge on any atom is -0.457 e. The molecule has 9 heteroatoms. The van der Waals surface area contributed by atoms with Crippen molar-refractivity contribution < 1.29 is 18.7 Å². The van der Waals surface area contributed by atoms with Gasteiger partial charge in [-0.3, -0.25) is 4.79 Å². The molecular formula is C29H24FN5O3. The van der Waals surface area contributed by atoms with Crippen molar-refractivity contribution in [3.05, 3.63) is 114 Å². The highest BCUT2D eigenvalue weighted by atomic mass is 19.1. The first-order valence-corrected chi connectivity index (χ1v) is 11.8. The lowest BCUT2D eigenvalue weighted by Crippen LogP contribution is -2.11. The van der Waals surface area contributed by atoms with Crippen LogP contribution in [0.4, 0.5) is 10.1 Å². The lowest BCUT2D eigenvalue weighted by Gasteiger charge is -2.10. The number of rotatable bonds is 7. The zero-order valence-electron chi connectivity index (χ0n) is 21.0. The number of anilines is 1. The van der Waals surface area contributed by atoms with Crippen LogP contribution in [-0.2, 0) is 0 Å². The summed E-state index contributed by atoms with van der Waals surface area (Å²) in [5, 5.41) is 7.33. The van der Waals surface area contributed by atoms with Crippen molar-refractivity contribution in [1.29, 1.82) is 0 Å². The molecule has 0 aliphatic rings. The molecule has 2 heterocycles. The Labute approximate surface area is 218 Å². The number of nitrogens with zero attached hydrogens (tertiary/aromatic N) is 4. The van der Waals surface area contributed by atoms with E-state index < -0.39 is 0 Å².